The number of nitrogens with zero attached hydrogens (tertiary/aromatic N) is 1. The van der Waals surface area contributed by atoms with E-state index in [0.29, 0.717) is 12.6 Å². The fourth-order valence-corrected chi connectivity index (χ4v) is 3.25. The molecule has 0 bridgehead atoms. The van der Waals surface area contributed by atoms with Crippen molar-refractivity contribution < 1.29 is 0 Å². The fraction of sp³-hybridized carbons (Fsp3) is 0.625. The Hall–Kier alpha value is -0.860. The van der Waals surface area contributed by atoms with E-state index < -0.39 is 0 Å². The highest BCUT2D eigenvalue weighted by molar-refractivity contribution is 5.24. The molecular weight excluding hydrogens is 220 g/mol. The maximum absolute atomic E-state index is 6.02. The zero-order chi connectivity index (χ0) is 13.1. The van der Waals surface area contributed by atoms with E-state index in [-0.39, 0.29) is 0 Å². The number of rotatable bonds is 3. The second kappa shape index (κ2) is 5.85. The van der Waals surface area contributed by atoms with E-state index in [4.69, 9.17) is 5.73 Å². The van der Waals surface area contributed by atoms with Crippen LogP contribution in [0.15, 0.2) is 24.3 Å². The van der Waals surface area contributed by atoms with Gasteiger partial charge in [0.05, 0.1) is 0 Å². The monoisotopic (exact) mass is 246 g/mol. The van der Waals surface area contributed by atoms with Crippen molar-refractivity contribution in [1.29, 1.82) is 0 Å². The van der Waals surface area contributed by atoms with Gasteiger partial charge in [0.25, 0.3) is 0 Å². The molecule has 1 aromatic carbocycles. The van der Waals surface area contributed by atoms with E-state index in [0.717, 1.165) is 11.8 Å². The molecule has 2 heteroatoms. The van der Waals surface area contributed by atoms with Crippen LogP contribution in [0.3, 0.4) is 0 Å². The van der Waals surface area contributed by atoms with Gasteiger partial charge in [-0.25, -0.2) is 0 Å². The molecule has 100 valence electrons. The minimum Gasteiger partial charge on any atom is -0.329 e. The van der Waals surface area contributed by atoms with Crippen LogP contribution in [-0.4, -0.2) is 24.5 Å². The third kappa shape index (κ3) is 3.12. The average molecular weight is 246 g/mol. The maximum Gasteiger partial charge on any atom is 0.0470 e. The summed E-state index contributed by atoms with van der Waals surface area (Å²) in [7, 11) is 0. The zero-order valence-electron chi connectivity index (χ0n) is 11.9. The number of likely N-dealkylation sites (tertiary alicyclic amines) is 1. The van der Waals surface area contributed by atoms with Crippen LogP contribution >= 0.6 is 0 Å². The second-order valence-electron chi connectivity index (χ2n) is 6.06. The topological polar surface area (TPSA) is 29.3 Å². The van der Waals surface area contributed by atoms with Gasteiger partial charge >= 0.3 is 0 Å². The Balaban J connectivity index is 2.14. The lowest BCUT2D eigenvalue weighted by atomic mass is 9.89. The molecule has 0 aromatic heterocycles. The Kier molecular flexibility index (Phi) is 4.41. The number of benzene rings is 1. The van der Waals surface area contributed by atoms with Crippen molar-refractivity contribution >= 4 is 0 Å². The van der Waals surface area contributed by atoms with Gasteiger partial charge in [-0.05, 0) is 30.7 Å². The van der Waals surface area contributed by atoms with Gasteiger partial charge < -0.3 is 5.73 Å². The van der Waals surface area contributed by atoms with Crippen molar-refractivity contribution in [2.24, 2.45) is 17.6 Å². The van der Waals surface area contributed by atoms with Crippen LogP contribution in [0.5, 0.6) is 0 Å². The Morgan fingerprint density at radius 1 is 1.17 bits per heavy atom. The first-order chi connectivity index (χ1) is 8.60. The first kappa shape index (κ1) is 13.6. The molecule has 0 spiro atoms. The van der Waals surface area contributed by atoms with Gasteiger partial charge in [0.2, 0.25) is 0 Å². The molecule has 0 aliphatic carbocycles. The third-order valence-electron chi connectivity index (χ3n) is 4.02. The maximum atomic E-state index is 6.02. The van der Waals surface area contributed by atoms with Gasteiger partial charge in [-0.3, -0.25) is 4.90 Å². The highest BCUT2D eigenvalue weighted by Gasteiger charge is 2.27. The van der Waals surface area contributed by atoms with Gasteiger partial charge in [-0.15, -0.1) is 0 Å². The standard InChI is InChI=1S/C16H26N2/c1-12-4-6-15(7-5-12)16(9-17)18-10-13(2)8-14(3)11-18/h4-7,13-14,16H,8-11,17H2,1-3H3/t13-,14+,16?. The molecule has 1 unspecified atom stereocenters. The molecule has 1 aliphatic heterocycles. The average Bonchev–Trinajstić information content (AvgIpc) is 2.31. The molecule has 1 saturated heterocycles. The van der Waals surface area contributed by atoms with Crippen LogP contribution in [0.25, 0.3) is 0 Å². The van der Waals surface area contributed by atoms with E-state index in [1.165, 1.54) is 30.6 Å². The third-order valence-corrected chi connectivity index (χ3v) is 4.02. The van der Waals surface area contributed by atoms with E-state index in [2.05, 4.69) is 49.9 Å². The van der Waals surface area contributed by atoms with E-state index >= 15 is 0 Å². The van der Waals surface area contributed by atoms with Crippen LogP contribution in [0.2, 0.25) is 0 Å². The molecule has 0 radical (unpaired) electrons. The largest absolute Gasteiger partial charge is 0.329 e. The van der Waals surface area contributed by atoms with Crippen molar-refractivity contribution in [3.05, 3.63) is 35.4 Å². The van der Waals surface area contributed by atoms with Crippen molar-refractivity contribution in [2.75, 3.05) is 19.6 Å². The van der Waals surface area contributed by atoms with Gasteiger partial charge in [0.15, 0.2) is 0 Å². The smallest absolute Gasteiger partial charge is 0.0470 e. The summed E-state index contributed by atoms with van der Waals surface area (Å²) in [5.74, 6) is 1.57. The first-order valence-corrected chi connectivity index (χ1v) is 7.10. The molecule has 3 atom stereocenters. The molecule has 2 rings (SSSR count). The number of hydrogen-bond acceptors (Lipinski definition) is 2. The summed E-state index contributed by atoms with van der Waals surface area (Å²) in [5, 5.41) is 0. The van der Waals surface area contributed by atoms with Gasteiger partial charge in [-0.1, -0.05) is 43.7 Å². The number of aryl methyl sites for hydroxylation is 1. The Morgan fingerprint density at radius 3 is 2.22 bits per heavy atom. The predicted octanol–water partition coefficient (Wildman–Crippen LogP) is 2.97. The number of hydrogen-bond donors (Lipinski definition) is 1. The van der Waals surface area contributed by atoms with E-state index in [1.807, 2.05) is 0 Å². The quantitative estimate of drug-likeness (QED) is 0.888. The van der Waals surface area contributed by atoms with Crippen molar-refractivity contribution in [3.63, 3.8) is 0 Å². The summed E-state index contributed by atoms with van der Waals surface area (Å²) in [6, 6.07) is 9.23. The van der Waals surface area contributed by atoms with Crippen LogP contribution in [0, 0.1) is 18.8 Å². The fourth-order valence-electron chi connectivity index (χ4n) is 3.25. The van der Waals surface area contributed by atoms with Crippen molar-refractivity contribution in [3.8, 4) is 0 Å². The summed E-state index contributed by atoms with van der Waals surface area (Å²) in [4.78, 5) is 2.57. The Morgan fingerprint density at radius 2 is 1.72 bits per heavy atom. The molecule has 1 fully saturated rings. The predicted molar refractivity (Wildman–Crippen MR) is 77.5 cm³/mol. The SMILES string of the molecule is Cc1ccc(C(CN)N2C[C@H](C)C[C@H](C)C2)cc1. The molecular formula is C16H26N2. The summed E-state index contributed by atoms with van der Waals surface area (Å²) in [6.07, 6.45) is 1.35. The van der Waals surface area contributed by atoms with Crippen molar-refractivity contribution in [1.82, 2.24) is 4.90 Å². The molecule has 2 N–H and O–H groups in total. The lowest BCUT2D eigenvalue weighted by Crippen LogP contribution is -2.43. The van der Waals surface area contributed by atoms with Crippen LogP contribution in [-0.2, 0) is 0 Å². The molecule has 2 nitrogen and oxygen atoms in total. The normalized spacial score (nSPS) is 27.1. The van der Waals surface area contributed by atoms with Gasteiger partial charge in [-0.2, -0.15) is 0 Å². The first-order valence-electron chi connectivity index (χ1n) is 7.10. The summed E-state index contributed by atoms with van der Waals surface area (Å²) in [6.45, 7) is 9.91. The molecule has 18 heavy (non-hydrogen) atoms. The van der Waals surface area contributed by atoms with E-state index in [9.17, 15) is 0 Å². The Labute approximate surface area is 111 Å². The number of nitrogens with two attached hydrogens (primary N) is 1. The van der Waals surface area contributed by atoms with Crippen molar-refractivity contribution in [2.45, 2.75) is 33.2 Å². The highest BCUT2D eigenvalue weighted by Crippen LogP contribution is 2.28. The highest BCUT2D eigenvalue weighted by atomic mass is 15.2. The summed E-state index contributed by atoms with van der Waals surface area (Å²) in [5.41, 5.74) is 8.70. The van der Waals surface area contributed by atoms with Crippen LogP contribution in [0.1, 0.15) is 37.4 Å². The minimum absolute atomic E-state index is 0.385. The molecule has 1 aromatic rings. The molecule has 1 aliphatic rings. The van der Waals surface area contributed by atoms with Gasteiger partial charge in [0, 0.05) is 25.7 Å². The summed E-state index contributed by atoms with van der Waals surface area (Å²) >= 11 is 0. The zero-order valence-corrected chi connectivity index (χ0v) is 11.9. The molecule has 0 saturated carbocycles. The molecule has 0 amide bonds. The second-order valence-corrected chi connectivity index (χ2v) is 6.06. The molecule has 1 heterocycles. The lowest BCUT2D eigenvalue weighted by Gasteiger charge is -2.40. The lowest BCUT2D eigenvalue weighted by molar-refractivity contribution is 0.0984. The van der Waals surface area contributed by atoms with Crippen LogP contribution < -0.4 is 5.73 Å². The summed E-state index contributed by atoms with van der Waals surface area (Å²) < 4.78 is 0. The van der Waals surface area contributed by atoms with Gasteiger partial charge in [0.1, 0.15) is 0 Å². The Bertz CT molecular complexity index is 361. The van der Waals surface area contributed by atoms with Crippen LogP contribution in [0.4, 0.5) is 0 Å². The minimum atomic E-state index is 0.385. The van der Waals surface area contributed by atoms with E-state index in [1.54, 1.807) is 0 Å². The number of piperidine rings is 1.